The van der Waals surface area contributed by atoms with E-state index in [4.69, 9.17) is 4.74 Å². The van der Waals surface area contributed by atoms with Crippen molar-refractivity contribution in [3.8, 4) is 0 Å². The first-order valence-electron chi connectivity index (χ1n) is 6.32. The smallest absolute Gasteiger partial charge is 0.222 e. The Hall–Kier alpha value is -1.40. The van der Waals surface area contributed by atoms with Crippen molar-refractivity contribution < 1.29 is 9.53 Å². The highest BCUT2D eigenvalue weighted by molar-refractivity contribution is 5.76. The van der Waals surface area contributed by atoms with Gasteiger partial charge in [0.1, 0.15) is 0 Å². The molecule has 6 heteroatoms. The van der Waals surface area contributed by atoms with Crippen molar-refractivity contribution in [2.75, 3.05) is 26.2 Å². The number of nitrogens with zero attached hydrogens (tertiary/aromatic N) is 2. The highest BCUT2D eigenvalue weighted by Gasteiger charge is 2.16. The average molecular weight is 252 g/mol. The van der Waals surface area contributed by atoms with Gasteiger partial charge in [0.25, 0.3) is 0 Å². The summed E-state index contributed by atoms with van der Waals surface area (Å²) in [5, 5.41) is 10.2. The van der Waals surface area contributed by atoms with Gasteiger partial charge in [-0.15, -0.1) is 0 Å². The number of rotatable bonds is 5. The third-order valence-corrected chi connectivity index (χ3v) is 2.84. The first-order valence-corrected chi connectivity index (χ1v) is 6.32. The maximum Gasteiger partial charge on any atom is 0.222 e. The number of nitrogens with one attached hydrogen (secondary N) is 2. The van der Waals surface area contributed by atoms with Crippen LogP contribution in [0, 0.1) is 6.92 Å². The quantitative estimate of drug-likeness (QED) is 0.754. The van der Waals surface area contributed by atoms with E-state index in [1.54, 1.807) is 0 Å². The molecule has 1 aliphatic rings. The van der Waals surface area contributed by atoms with Crippen LogP contribution >= 0.6 is 0 Å². The molecule has 0 radical (unpaired) electrons. The summed E-state index contributed by atoms with van der Waals surface area (Å²) in [6, 6.07) is 0. The van der Waals surface area contributed by atoms with Crippen LogP contribution in [0.1, 0.15) is 12.0 Å². The molecule has 0 bridgehead atoms. The van der Waals surface area contributed by atoms with Crippen molar-refractivity contribution in [3.63, 3.8) is 0 Å². The molecule has 1 aliphatic heterocycles. The third kappa shape index (κ3) is 4.12. The number of aryl methyl sites for hydroxylation is 1. The number of ether oxygens (including phenoxy) is 1. The molecule has 1 aromatic rings. The Morgan fingerprint density at radius 3 is 3.28 bits per heavy atom. The zero-order valence-corrected chi connectivity index (χ0v) is 10.7. The van der Waals surface area contributed by atoms with E-state index in [2.05, 4.69) is 15.7 Å². The summed E-state index contributed by atoms with van der Waals surface area (Å²) in [4.78, 5) is 11.7. The predicted octanol–water partition coefficient (Wildman–Crippen LogP) is -0.314. The molecule has 100 valence electrons. The van der Waals surface area contributed by atoms with Crippen molar-refractivity contribution in [2.24, 2.45) is 0 Å². The molecule has 0 saturated carbocycles. The summed E-state index contributed by atoms with van der Waals surface area (Å²) >= 11 is 0. The lowest BCUT2D eigenvalue weighted by Gasteiger charge is -2.23. The minimum absolute atomic E-state index is 0.00528. The standard InChI is InChI=1S/C12H20N4O2/c1-10-7-15-16(9-10)4-2-14-12(17)6-11-8-13-3-5-18-11/h7,9,11,13H,2-6,8H2,1H3,(H,14,17). The number of carbonyl (C=O) groups excluding carboxylic acids is 1. The second-order valence-electron chi connectivity index (χ2n) is 4.53. The number of morpholine rings is 1. The monoisotopic (exact) mass is 252 g/mol. The van der Waals surface area contributed by atoms with E-state index in [0.29, 0.717) is 26.1 Å². The fourth-order valence-corrected chi connectivity index (χ4v) is 1.93. The van der Waals surface area contributed by atoms with Gasteiger partial charge in [-0.3, -0.25) is 9.48 Å². The molecule has 0 spiro atoms. The van der Waals surface area contributed by atoms with Crippen molar-refractivity contribution in [1.29, 1.82) is 0 Å². The van der Waals surface area contributed by atoms with Crippen LogP contribution in [0.2, 0.25) is 0 Å². The van der Waals surface area contributed by atoms with Crippen LogP contribution in [0.5, 0.6) is 0 Å². The third-order valence-electron chi connectivity index (χ3n) is 2.84. The van der Waals surface area contributed by atoms with Crippen LogP contribution in [-0.4, -0.2) is 48.0 Å². The Balaban J connectivity index is 1.62. The minimum atomic E-state index is 0.00528. The summed E-state index contributed by atoms with van der Waals surface area (Å²) in [5.74, 6) is 0.0348. The lowest BCUT2D eigenvalue weighted by atomic mass is 10.2. The molecule has 1 unspecified atom stereocenters. The fourth-order valence-electron chi connectivity index (χ4n) is 1.93. The molecule has 2 rings (SSSR count). The lowest BCUT2D eigenvalue weighted by molar-refractivity contribution is -0.124. The Morgan fingerprint density at radius 2 is 2.61 bits per heavy atom. The molecule has 1 fully saturated rings. The molecule has 6 nitrogen and oxygen atoms in total. The van der Waals surface area contributed by atoms with Gasteiger partial charge in [-0.1, -0.05) is 0 Å². The van der Waals surface area contributed by atoms with Gasteiger partial charge in [-0.25, -0.2) is 0 Å². The first kappa shape index (κ1) is 13.0. The van der Waals surface area contributed by atoms with Crippen LogP contribution < -0.4 is 10.6 Å². The van der Waals surface area contributed by atoms with Crippen LogP contribution in [0.3, 0.4) is 0 Å². The van der Waals surface area contributed by atoms with Crippen LogP contribution in [0.4, 0.5) is 0 Å². The summed E-state index contributed by atoms with van der Waals surface area (Å²) in [6.45, 7) is 5.60. The van der Waals surface area contributed by atoms with E-state index < -0.39 is 0 Å². The Labute approximate surface area is 107 Å². The first-order chi connectivity index (χ1) is 8.74. The van der Waals surface area contributed by atoms with Crippen molar-refractivity contribution in [3.05, 3.63) is 18.0 Å². The van der Waals surface area contributed by atoms with E-state index in [1.165, 1.54) is 0 Å². The van der Waals surface area contributed by atoms with Gasteiger partial charge in [0.15, 0.2) is 0 Å². The van der Waals surface area contributed by atoms with Gasteiger partial charge in [-0.05, 0) is 12.5 Å². The molecule has 2 N–H and O–H groups in total. The van der Waals surface area contributed by atoms with Crippen LogP contribution in [0.15, 0.2) is 12.4 Å². The molecule has 0 aliphatic carbocycles. The van der Waals surface area contributed by atoms with Crippen LogP contribution in [0.25, 0.3) is 0 Å². The highest BCUT2D eigenvalue weighted by atomic mass is 16.5. The maximum atomic E-state index is 11.7. The predicted molar refractivity (Wildman–Crippen MR) is 67.2 cm³/mol. The van der Waals surface area contributed by atoms with Gasteiger partial charge < -0.3 is 15.4 Å². The maximum absolute atomic E-state index is 11.7. The second-order valence-corrected chi connectivity index (χ2v) is 4.53. The van der Waals surface area contributed by atoms with Crippen molar-refractivity contribution in [1.82, 2.24) is 20.4 Å². The summed E-state index contributed by atoms with van der Waals surface area (Å²) in [6.07, 6.45) is 4.19. The zero-order valence-electron chi connectivity index (χ0n) is 10.7. The molecule has 0 aromatic carbocycles. The SMILES string of the molecule is Cc1cnn(CCNC(=O)CC2CNCCO2)c1. The molecule has 18 heavy (non-hydrogen) atoms. The highest BCUT2D eigenvalue weighted by Crippen LogP contribution is 2.01. The Kier molecular flexibility index (Phi) is 4.72. The molecule has 1 atom stereocenters. The molecule has 1 amide bonds. The lowest BCUT2D eigenvalue weighted by Crippen LogP contribution is -2.41. The minimum Gasteiger partial charge on any atom is -0.375 e. The topological polar surface area (TPSA) is 68.2 Å². The summed E-state index contributed by atoms with van der Waals surface area (Å²) in [7, 11) is 0. The normalized spacial score (nSPS) is 19.7. The van der Waals surface area contributed by atoms with E-state index in [9.17, 15) is 4.79 Å². The number of hydrogen-bond acceptors (Lipinski definition) is 4. The zero-order chi connectivity index (χ0) is 12.8. The Morgan fingerprint density at radius 1 is 1.72 bits per heavy atom. The number of hydrogen-bond donors (Lipinski definition) is 2. The van der Waals surface area contributed by atoms with Crippen LogP contribution in [-0.2, 0) is 16.1 Å². The van der Waals surface area contributed by atoms with E-state index in [0.717, 1.165) is 18.7 Å². The van der Waals surface area contributed by atoms with E-state index in [-0.39, 0.29) is 12.0 Å². The van der Waals surface area contributed by atoms with E-state index >= 15 is 0 Å². The Bertz CT molecular complexity index is 385. The van der Waals surface area contributed by atoms with E-state index in [1.807, 2.05) is 24.0 Å². The second kappa shape index (κ2) is 6.51. The fraction of sp³-hybridized carbons (Fsp3) is 0.667. The van der Waals surface area contributed by atoms with Gasteiger partial charge in [0, 0.05) is 25.8 Å². The molecular formula is C12H20N4O2. The summed E-state index contributed by atoms with van der Waals surface area (Å²) in [5.41, 5.74) is 1.13. The van der Waals surface area contributed by atoms with Gasteiger partial charge in [0.05, 0.1) is 31.9 Å². The molecule has 1 saturated heterocycles. The molecule has 2 heterocycles. The summed E-state index contributed by atoms with van der Waals surface area (Å²) < 4.78 is 7.30. The van der Waals surface area contributed by atoms with Crippen molar-refractivity contribution >= 4 is 5.91 Å². The molecule has 1 aromatic heterocycles. The van der Waals surface area contributed by atoms with Crippen molar-refractivity contribution in [2.45, 2.75) is 26.0 Å². The van der Waals surface area contributed by atoms with Gasteiger partial charge in [0.2, 0.25) is 5.91 Å². The number of aromatic nitrogens is 2. The molecular weight excluding hydrogens is 232 g/mol. The average Bonchev–Trinajstić information content (AvgIpc) is 2.76. The van der Waals surface area contributed by atoms with Gasteiger partial charge in [-0.2, -0.15) is 5.10 Å². The number of amides is 1. The largest absolute Gasteiger partial charge is 0.375 e. The number of carbonyl (C=O) groups is 1. The van der Waals surface area contributed by atoms with Gasteiger partial charge >= 0.3 is 0 Å².